The molecule has 0 aliphatic rings. The van der Waals surface area contributed by atoms with E-state index in [1.54, 1.807) is 0 Å². The lowest BCUT2D eigenvalue weighted by Crippen LogP contribution is -2.24. The van der Waals surface area contributed by atoms with Gasteiger partial charge in [-0.15, -0.1) is 0 Å². The molecule has 2 heteroatoms. The van der Waals surface area contributed by atoms with Crippen LogP contribution in [-0.2, 0) is 0 Å². The zero-order valence-corrected chi connectivity index (χ0v) is 13.7. The maximum absolute atomic E-state index is 3.76. The van der Waals surface area contributed by atoms with Crippen LogP contribution in [0.2, 0.25) is 0 Å². The van der Waals surface area contributed by atoms with Crippen LogP contribution in [0.4, 0.5) is 0 Å². The first-order valence-corrected chi connectivity index (χ1v) is 8.07. The Hall–Kier alpha value is -1.12. The van der Waals surface area contributed by atoms with Gasteiger partial charge in [0.15, 0.2) is 0 Å². The van der Waals surface area contributed by atoms with Crippen LogP contribution in [0.15, 0.2) is 59.1 Å². The molecule has 0 amide bonds. The molecule has 0 aromatic heterocycles. The van der Waals surface area contributed by atoms with Crippen molar-refractivity contribution in [2.24, 2.45) is 0 Å². The zero-order chi connectivity index (χ0) is 14.4. The van der Waals surface area contributed by atoms with E-state index in [0.717, 1.165) is 6.42 Å². The highest BCUT2D eigenvalue weighted by Gasteiger charge is 2.15. The number of nitrogens with one attached hydrogen (secondary N) is 1. The molecule has 0 radical (unpaired) electrons. The summed E-state index contributed by atoms with van der Waals surface area (Å²) in [5.41, 5.74) is 2.68. The second-order valence-electron chi connectivity index (χ2n) is 5.16. The van der Waals surface area contributed by atoms with Gasteiger partial charge in [0, 0.05) is 16.6 Å². The molecule has 0 aliphatic carbocycles. The molecule has 1 N–H and O–H groups in total. The minimum absolute atomic E-state index is 0.322. The van der Waals surface area contributed by atoms with Gasteiger partial charge in [0.2, 0.25) is 0 Å². The maximum Gasteiger partial charge on any atom is 0.0325 e. The van der Waals surface area contributed by atoms with Gasteiger partial charge in [0.05, 0.1) is 0 Å². The van der Waals surface area contributed by atoms with E-state index in [4.69, 9.17) is 0 Å². The second kappa shape index (κ2) is 7.61. The number of rotatable bonds is 6. The molecule has 0 saturated heterocycles. The minimum Gasteiger partial charge on any atom is -0.303 e. The molecule has 20 heavy (non-hydrogen) atoms. The van der Waals surface area contributed by atoms with Crippen LogP contribution in [-0.4, -0.2) is 0 Å². The molecule has 2 atom stereocenters. The summed E-state index contributed by atoms with van der Waals surface area (Å²) in [5, 5.41) is 3.76. The summed E-state index contributed by atoms with van der Waals surface area (Å²) in [4.78, 5) is 0. The summed E-state index contributed by atoms with van der Waals surface area (Å²) in [7, 11) is 0. The van der Waals surface area contributed by atoms with Gasteiger partial charge >= 0.3 is 0 Å². The molecule has 2 rings (SSSR count). The van der Waals surface area contributed by atoms with Gasteiger partial charge in [0.1, 0.15) is 0 Å². The molecule has 0 spiro atoms. The van der Waals surface area contributed by atoms with Gasteiger partial charge in [-0.25, -0.2) is 0 Å². The Kier molecular flexibility index (Phi) is 5.81. The first kappa shape index (κ1) is 15.3. The highest BCUT2D eigenvalue weighted by atomic mass is 79.9. The fourth-order valence-electron chi connectivity index (χ4n) is 2.54. The molecule has 0 bridgehead atoms. The number of hydrogen-bond donors (Lipinski definition) is 1. The number of hydrogen-bond acceptors (Lipinski definition) is 1. The Morgan fingerprint density at radius 2 is 1.65 bits per heavy atom. The van der Waals surface area contributed by atoms with Gasteiger partial charge in [-0.3, -0.25) is 0 Å². The second-order valence-corrected chi connectivity index (χ2v) is 6.02. The highest BCUT2D eigenvalue weighted by Crippen LogP contribution is 2.27. The predicted molar refractivity (Wildman–Crippen MR) is 89.8 cm³/mol. The van der Waals surface area contributed by atoms with E-state index in [9.17, 15) is 0 Å². The summed E-state index contributed by atoms with van der Waals surface area (Å²) < 4.78 is 1.17. The topological polar surface area (TPSA) is 12.0 Å². The lowest BCUT2D eigenvalue weighted by Gasteiger charge is -2.24. The quantitative estimate of drug-likeness (QED) is 0.722. The van der Waals surface area contributed by atoms with E-state index in [1.807, 2.05) is 0 Å². The van der Waals surface area contributed by atoms with Gasteiger partial charge in [0.25, 0.3) is 0 Å². The van der Waals surface area contributed by atoms with Crippen LogP contribution < -0.4 is 5.32 Å². The van der Waals surface area contributed by atoms with E-state index < -0.39 is 0 Å². The van der Waals surface area contributed by atoms with Crippen molar-refractivity contribution in [3.8, 4) is 0 Å². The van der Waals surface area contributed by atoms with Crippen LogP contribution in [0.1, 0.15) is 49.9 Å². The third kappa shape index (κ3) is 3.94. The van der Waals surface area contributed by atoms with Crippen molar-refractivity contribution in [2.75, 3.05) is 0 Å². The molecule has 2 aromatic rings. The van der Waals surface area contributed by atoms with Crippen LogP contribution in [0.3, 0.4) is 0 Å². The lowest BCUT2D eigenvalue weighted by molar-refractivity contribution is 0.439. The summed E-state index contributed by atoms with van der Waals surface area (Å²) in [6, 6.07) is 19.9. The molecule has 0 saturated carbocycles. The molecule has 2 unspecified atom stereocenters. The first-order valence-electron chi connectivity index (χ1n) is 7.27. The molecule has 106 valence electrons. The molecular weight excluding hydrogens is 310 g/mol. The largest absolute Gasteiger partial charge is 0.303 e. The van der Waals surface area contributed by atoms with Crippen molar-refractivity contribution in [1.29, 1.82) is 0 Å². The van der Waals surface area contributed by atoms with E-state index in [2.05, 4.69) is 89.7 Å². The minimum atomic E-state index is 0.322. The summed E-state index contributed by atoms with van der Waals surface area (Å²) in [6.45, 7) is 4.46. The molecule has 1 nitrogen and oxygen atoms in total. The monoisotopic (exact) mass is 331 g/mol. The van der Waals surface area contributed by atoms with Crippen molar-refractivity contribution in [3.05, 3.63) is 70.2 Å². The Morgan fingerprint density at radius 3 is 2.30 bits per heavy atom. The highest BCUT2D eigenvalue weighted by molar-refractivity contribution is 9.10. The van der Waals surface area contributed by atoms with Gasteiger partial charge in [-0.05, 0) is 30.5 Å². The van der Waals surface area contributed by atoms with Gasteiger partial charge in [-0.2, -0.15) is 0 Å². The van der Waals surface area contributed by atoms with Crippen molar-refractivity contribution in [3.63, 3.8) is 0 Å². The van der Waals surface area contributed by atoms with Crippen LogP contribution in [0, 0.1) is 0 Å². The molecule has 2 aromatic carbocycles. The normalized spacial score (nSPS) is 13.9. The fraction of sp³-hybridized carbons (Fsp3) is 0.333. The zero-order valence-electron chi connectivity index (χ0n) is 12.1. The Balaban J connectivity index is 2.14. The standard InChI is InChI=1S/C18H22BrN/c1-3-9-18(15-10-5-4-6-11-15)20-14(2)16-12-7-8-13-17(16)19/h4-8,10-14,18,20H,3,9H2,1-2H3. The van der Waals surface area contributed by atoms with Crippen LogP contribution in [0.25, 0.3) is 0 Å². The van der Waals surface area contributed by atoms with E-state index in [0.29, 0.717) is 12.1 Å². The molecular formula is C18H22BrN. The average Bonchev–Trinajstić information content (AvgIpc) is 2.48. The number of benzene rings is 2. The van der Waals surface area contributed by atoms with Crippen LogP contribution >= 0.6 is 15.9 Å². The first-order chi connectivity index (χ1) is 9.72. The average molecular weight is 332 g/mol. The van der Waals surface area contributed by atoms with Gasteiger partial charge in [-0.1, -0.05) is 77.8 Å². The van der Waals surface area contributed by atoms with Crippen LogP contribution in [0.5, 0.6) is 0 Å². The van der Waals surface area contributed by atoms with Crippen molar-refractivity contribution in [2.45, 2.75) is 38.8 Å². The third-order valence-corrected chi connectivity index (χ3v) is 4.32. The summed E-state index contributed by atoms with van der Waals surface area (Å²) in [6.07, 6.45) is 2.33. The van der Waals surface area contributed by atoms with Crippen molar-refractivity contribution in [1.82, 2.24) is 5.32 Å². The van der Waals surface area contributed by atoms with Crippen molar-refractivity contribution < 1.29 is 0 Å². The predicted octanol–water partition coefficient (Wildman–Crippen LogP) is 5.64. The number of halogens is 1. The summed E-state index contributed by atoms with van der Waals surface area (Å²) in [5.74, 6) is 0. The lowest BCUT2D eigenvalue weighted by atomic mass is 10.00. The molecule has 0 heterocycles. The molecule has 0 fully saturated rings. The Morgan fingerprint density at radius 1 is 1.00 bits per heavy atom. The summed E-state index contributed by atoms with van der Waals surface area (Å²) >= 11 is 3.64. The Bertz CT molecular complexity index is 524. The van der Waals surface area contributed by atoms with E-state index in [-0.39, 0.29) is 0 Å². The van der Waals surface area contributed by atoms with E-state index >= 15 is 0 Å². The van der Waals surface area contributed by atoms with Gasteiger partial charge < -0.3 is 5.32 Å². The fourth-order valence-corrected chi connectivity index (χ4v) is 3.17. The van der Waals surface area contributed by atoms with E-state index in [1.165, 1.54) is 22.0 Å². The Labute approximate surface area is 130 Å². The SMILES string of the molecule is CCCC(NC(C)c1ccccc1Br)c1ccccc1. The molecule has 0 aliphatic heterocycles. The smallest absolute Gasteiger partial charge is 0.0325 e. The maximum atomic E-state index is 3.76. The third-order valence-electron chi connectivity index (χ3n) is 3.60. The van der Waals surface area contributed by atoms with Crippen molar-refractivity contribution >= 4 is 15.9 Å².